The summed E-state index contributed by atoms with van der Waals surface area (Å²) in [5.41, 5.74) is -4.24. The Hall–Kier alpha value is -4.87. The Balaban J connectivity index is 2.14. The van der Waals surface area contributed by atoms with Gasteiger partial charge in [0.25, 0.3) is 0 Å². The number of benzene rings is 3. The number of hydrogen-bond acceptors (Lipinski definition) is 2. The van der Waals surface area contributed by atoms with E-state index in [1.165, 1.54) is 6.07 Å². The Labute approximate surface area is 215 Å². The third-order valence-corrected chi connectivity index (χ3v) is 5.21. The van der Waals surface area contributed by atoms with E-state index in [2.05, 4.69) is 23.7 Å². The molecule has 0 heterocycles. The summed E-state index contributed by atoms with van der Waals surface area (Å²) in [7, 11) is 0. The van der Waals surface area contributed by atoms with E-state index in [9.17, 15) is 35.1 Å². The summed E-state index contributed by atoms with van der Waals surface area (Å²) >= 11 is 0. The van der Waals surface area contributed by atoms with Crippen molar-refractivity contribution in [3.8, 4) is 35.8 Å². The van der Waals surface area contributed by atoms with Gasteiger partial charge in [0.05, 0.1) is 36.1 Å². The molecule has 0 amide bonds. The molecule has 0 saturated heterocycles. The number of nitrogens with zero attached hydrogens (tertiary/aromatic N) is 2. The van der Waals surface area contributed by atoms with Gasteiger partial charge in [0.2, 0.25) is 0 Å². The van der Waals surface area contributed by atoms with E-state index in [0.29, 0.717) is 24.3 Å². The lowest BCUT2D eigenvalue weighted by Gasteiger charge is -2.10. The first-order valence-electron chi connectivity index (χ1n) is 10.6. The second kappa shape index (κ2) is 11.3. The van der Waals surface area contributed by atoms with Crippen LogP contribution >= 0.6 is 0 Å². The van der Waals surface area contributed by atoms with Crippen molar-refractivity contribution in [2.75, 3.05) is 0 Å². The first-order valence-corrected chi connectivity index (χ1v) is 10.6. The monoisotopic (exact) mass is 546 g/mol. The van der Waals surface area contributed by atoms with Gasteiger partial charge in [0.15, 0.2) is 0 Å². The molecule has 196 valence electrons. The molecule has 39 heavy (non-hydrogen) atoms. The lowest BCUT2D eigenvalue weighted by Crippen LogP contribution is -2.08. The van der Waals surface area contributed by atoms with Crippen molar-refractivity contribution in [3.05, 3.63) is 104 Å². The van der Waals surface area contributed by atoms with E-state index in [-0.39, 0.29) is 33.4 Å². The van der Waals surface area contributed by atoms with Crippen molar-refractivity contribution in [1.29, 1.82) is 10.5 Å². The minimum absolute atomic E-state index is 0.154. The van der Waals surface area contributed by atoms with Gasteiger partial charge in [-0.3, -0.25) is 0 Å². The first-order chi connectivity index (χ1) is 18.3. The summed E-state index contributed by atoms with van der Waals surface area (Å²) in [5, 5.41) is 18.2. The Morgan fingerprint density at radius 2 is 0.949 bits per heavy atom. The Morgan fingerprint density at radius 1 is 0.564 bits per heavy atom. The second-order valence-electron chi connectivity index (χ2n) is 7.80. The van der Waals surface area contributed by atoms with Gasteiger partial charge in [0, 0.05) is 33.4 Å². The van der Waals surface area contributed by atoms with Crippen LogP contribution in [0.1, 0.15) is 44.5 Å². The molecule has 0 bridgehead atoms. The molecular formula is C28H11F9N2. The number of hydrogen-bond donors (Lipinski definition) is 0. The number of halogens is 9. The number of nitriles is 2. The predicted octanol–water partition coefficient (Wildman–Crippen LogP) is 7.07. The summed E-state index contributed by atoms with van der Waals surface area (Å²) < 4.78 is 120. The van der Waals surface area contributed by atoms with Crippen LogP contribution in [0.2, 0.25) is 0 Å². The van der Waals surface area contributed by atoms with E-state index < -0.39 is 53.8 Å². The van der Waals surface area contributed by atoms with Crippen LogP contribution in [0, 0.1) is 63.8 Å². The molecule has 0 aliphatic rings. The van der Waals surface area contributed by atoms with Crippen LogP contribution in [0.3, 0.4) is 0 Å². The highest BCUT2D eigenvalue weighted by Crippen LogP contribution is 2.32. The summed E-state index contributed by atoms with van der Waals surface area (Å²) in [4.78, 5) is 0. The third kappa shape index (κ3) is 6.72. The molecule has 0 unspecified atom stereocenters. The van der Waals surface area contributed by atoms with Crippen LogP contribution in [0.25, 0.3) is 0 Å². The van der Waals surface area contributed by atoms with Crippen molar-refractivity contribution in [2.45, 2.75) is 25.2 Å². The molecule has 0 aliphatic heterocycles. The maximum Gasteiger partial charge on any atom is 0.419 e. The second-order valence-corrected chi connectivity index (χ2v) is 7.80. The molecule has 0 N–H and O–H groups in total. The molecule has 0 spiro atoms. The summed E-state index contributed by atoms with van der Waals surface area (Å²) in [6.45, 7) is 0. The fraction of sp³-hybridized carbons (Fsp3) is 0.143. The first kappa shape index (κ1) is 28.7. The van der Waals surface area contributed by atoms with Gasteiger partial charge in [-0.1, -0.05) is 23.7 Å². The molecule has 3 aromatic carbocycles. The normalized spacial score (nSPS) is 10.9. The maximum absolute atomic E-state index is 15.3. The average molecular weight is 546 g/mol. The minimum atomic E-state index is -4.93. The van der Waals surface area contributed by atoms with Gasteiger partial charge < -0.3 is 0 Å². The predicted molar refractivity (Wildman–Crippen MR) is 120 cm³/mol. The Bertz CT molecular complexity index is 1530. The van der Waals surface area contributed by atoms with Crippen molar-refractivity contribution in [3.63, 3.8) is 0 Å². The summed E-state index contributed by atoms with van der Waals surface area (Å²) in [6, 6.07) is 8.41. The van der Waals surface area contributed by atoms with Crippen molar-refractivity contribution >= 4 is 0 Å². The molecule has 0 aliphatic carbocycles. The van der Waals surface area contributed by atoms with E-state index in [0.717, 1.165) is 12.1 Å². The average Bonchev–Trinajstić information content (AvgIpc) is 2.83. The van der Waals surface area contributed by atoms with Gasteiger partial charge in [0.1, 0.15) is 17.5 Å². The van der Waals surface area contributed by atoms with Gasteiger partial charge >= 0.3 is 12.4 Å². The zero-order chi connectivity index (χ0) is 29.0. The standard InChI is InChI=1S/C28H11F9N2/c29-24-13-16(3-7-22(24)27(32,33)34)1-5-18-15-19(21(10-12-39)26(31)20(18)9-11-38)6-2-17-4-8-23(25(30)14-17)28(35,36)37/h3-4,7-8,13-15H,9-10H2. The molecule has 0 atom stereocenters. The Kier molecular flexibility index (Phi) is 8.28. The summed E-state index contributed by atoms with van der Waals surface area (Å²) in [5.74, 6) is 5.49. The highest BCUT2D eigenvalue weighted by Gasteiger charge is 2.34. The number of alkyl halides is 6. The SMILES string of the molecule is N#CCc1c(C#Cc2ccc(C(F)(F)F)c(F)c2)cc(C#Cc2ccc(C(F)(F)F)c(F)c2)c(CC#N)c1F. The zero-order valence-corrected chi connectivity index (χ0v) is 19.3. The van der Waals surface area contributed by atoms with Gasteiger partial charge in [-0.25, -0.2) is 13.2 Å². The number of rotatable bonds is 2. The molecule has 2 nitrogen and oxygen atoms in total. The van der Waals surface area contributed by atoms with Crippen LogP contribution in [-0.4, -0.2) is 0 Å². The van der Waals surface area contributed by atoms with Gasteiger partial charge in [-0.15, -0.1) is 0 Å². The highest BCUT2D eigenvalue weighted by atomic mass is 19.4. The topological polar surface area (TPSA) is 47.6 Å². The van der Waals surface area contributed by atoms with Crippen molar-refractivity contribution in [1.82, 2.24) is 0 Å². The zero-order valence-electron chi connectivity index (χ0n) is 19.3. The van der Waals surface area contributed by atoms with Crippen LogP contribution in [-0.2, 0) is 25.2 Å². The highest BCUT2D eigenvalue weighted by molar-refractivity contribution is 5.57. The lowest BCUT2D eigenvalue weighted by atomic mass is 9.94. The molecule has 0 aromatic heterocycles. The van der Waals surface area contributed by atoms with E-state index >= 15 is 4.39 Å². The van der Waals surface area contributed by atoms with Crippen LogP contribution < -0.4 is 0 Å². The van der Waals surface area contributed by atoms with Gasteiger partial charge in [-0.05, 0) is 42.5 Å². The minimum Gasteiger partial charge on any atom is -0.206 e. The van der Waals surface area contributed by atoms with E-state index in [4.69, 9.17) is 10.5 Å². The van der Waals surface area contributed by atoms with Crippen LogP contribution in [0.4, 0.5) is 39.5 Å². The fourth-order valence-corrected chi connectivity index (χ4v) is 3.39. The Morgan fingerprint density at radius 3 is 1.26 bits per heavy atom. The quantitative estimate of drug-likeness (QED) is 0.255. The fourth-order valence-electron chi connectivity index (χ4n) is 3.39. The van der Waals surface area contributed by atoms with Crippen molar-refractivity contribution in [2.24, 2.45) is 0 Å². The maximum atomic E-state index is 15.3. The smallest absolute Gasteiger partial charge is 0.206 e. The van der Waals surface area contributed by atoms with Crippen LogP contribution in [0.5, 0.6) is 0 Å². The molecule has 3 aromatic rings. The molecule has 0 radical (unpaired) electrons. The largest absolute Gasteiger partial charge is 0.419 e. The van der Waals surface area contributed by atoms with Crippen LogP contribution in [0.15, 0.2) is 42.5 Å². The molecule has 0 fully saturated rings. The molecule has 3 rings (SSSR count). The molecule has 11 heteroatoms. The molecule has 0 saturated carbocycles. The molecular weight excluding hydrogens is 535 g/mol. The third-order valence-electron chi connectivity index (χ3n) is 5.21. The van der Waals surface area contributed by atoms with Gasteiger partial charge in [-0.2, -0.15) is 36.9 Å². The van der Waals surface area contributed by atoms with Crippen molar-refractivity contribution < 1.29 is 39.5 Å². The lowest BCUT2D eigenvalue weighted by molar-refractivity contribution is -0.140. The summed E-state index contributed by atoms with van der Waals surface area (Å²) in [6.07, 6.45) is -10.9. The van der Waals surface area contributed by atoms with E-state index in [1.807, 2.05) is 0 Å². The van der Waals surface area contributed by atoms with E-state index in [1.54, 1.807) is 12.1 Å².